The Balaban J connectivity index is 1.64. The van der Waals surface area contributed by atoms with Crippen molar-refractivity contribution >= 4 is 33.1 Å². The van der Waals surface area contributed by atoms with E-state index in [1.807, 2.05) is 48.7 Å². The van der Waals surface area contributed by atoms with Crippen LogP contribution in [0.25, 0.3) is 21.3 Å². The molecule has 5 nitrogen and oxygen atoms in total. The number of carbonyl (C=O) groups is 1. The fraction of sp³-hybridized carbons (Fsp3) is 0.208. The Hall–Kier alpha value is -3.25. The van der Waals surface area contributed by atoms with Crippen molar-refractivity contribution in [3.05, 3.63) is 81.7 Å². The van der Waals surface area contributed by atoms with Crippen molar-refractivity contribution in [3.63, 3.8) is 0 Å². The molecule has 1 N–H and O–H groups in total. The smallest absolute Gasteiger partial charge is 0.263 e. The van der Waals surface area contributed by atoms with Gasteiger partial charge in [0.25, 0.3) is 5.56 Å². The number of benzene rings is 2. The molecule has 4 rings (SSSR count). The molecule has 0 fully saturated rings. The summed E-state index contributed by atoms with van der Waals surface area (Å²) in [6.07, 6.45) is 1.45. The predicted octanol–water partition coefficient (Wildman–Crippen LogP) is 5.20. The van der Waals surface area contributed by atoms with E-state index in [0.717, 1.165) is 16.7 Å². The van der Waals surface area contributed by atoms with Gasteiger partial charge in [0.2, 0.25) is 5.91 Å². The normalized spacial score (nSPS) is 11.2. The van der Waals surface area contributed by atoms with Crippen molar-refractivity contribution in [2.24, 2.45) is 0 Å². The molecule has 0 unspecified atom stereocenters. The van der Waals surface area contributed by atoms with Crippen LogP contribution < -0.4 is 10.9 Å². The van der Waals surface area contributed by atoms with Gasteiger partial charge in [-0.3, -0.25) is 14.2 Å². The maximum atomic E-state index is 13.2. The summed E-state index contributed by atoms with van der Waals surface area (Å²) in [5.74, 6) is 0.186. The highest BCUT2D eigenvalue weighted by molar-refractivity contribution is 7.17. The minimum atomic E-state index is -0.262. The predicted molar refractivity (Wildman–Crippen MR) is 123 cm³/mol. The van der Waals surface area contributed by atoms with Crippen LogP contribution in [-0.2, 0) is 11.3 Å². The van der Waals surface area contributed by atoms with E-state index in [4.69, 9.17) is 0 Å². The number of nitrogens with one attached hydrogen (secondary N) is 1. The molecule has 0 spiro atoms. The number of thiophene rings is 1. The quantitative estimate of drug-likeness (QED) is 0.486. The molecule has 1 amide bonds. The van der Waals surface area contributed by atoms with Crippen LogP contribution in [0.2, 0.25) is 0 Å². The molecule has 2 aromatic carbocycles. The first-order valence-electron chi connectivity index (χ1n) is 9.86. The molecule has 2 aromatic heterocycles. The van der Waals surface area contributed by atoms with Gasteiger partial charge < -0.3 is 5.32 Å². The maximum absolute atomic E-state index is 13.2. The monoisotopic (exact) mass is 417 g/mol. The van der Waals surface area contributed by atoms with Crippen molar-refractivity contribution in [2.45, 2.75) is 33.2 Å². The van der Waals surface area contributed by atoms with E-state index in [0.29, 0.717) is 21.8 Å². The minimum Gasteiger partial charge on any atom is -0.325 e. The van der Waals surface area contributed by atoms with Crippen LogP contribution in [-0.4, -0.2) is 15.5 Å². The Kier molecular flexibility index (Phi) is 5.50. The molecule has 0 saturated heterocycles. The summed E-state index contributed by atoms with van der Waals surface area (Å²) in [5, 5.41) is 5.36. The first-order valence-corrected chi connectivity index (χ1v) is 10.7. The molecule has 0 aliphatic heterocycles. The van der Waals surface area contributed by atoms with Crippen LogP contribution in [0.3, 0.4) is 0 Å². The number of aromatic nitrogens is 2. The second-order valence-electron chi connectivity index (χ2n) is 7.70. The average Bonchev–Trinajstić information content (AvgIpc) is 3.15. The summed E-state index contributed by atoms with van der Waals surface area (Å²) in [6.45, 7) is 6.18. The van der Waals surface area contributed by atoms with Gasteiger partial charge in [-0.05, 0) is 41.7 Å². The van der Waals surface area contributed by atoms with Crippen LogP contribution in [0.5, 0.6) is 0 Å². The number of hydrogen-bond acceptors (Lipinski definition) is 4. The van der Waals surface area contributed by atoms with Crippen LogP contribution in [0, 0.1) is 6.92 Å². The lowest BCUT2D eigenvalue weighted by atomic mass is 9.99. The molecular weight excluding hydrogens is 394 g/mol. The first-order chi connectivity index (χ1) is 14.4. The highest BCUT2D eigenvalue weighted by atomic mass is 32.1. The molecule has 0 aliphatic rings. The number of fused-ring (bicyclic) bond motifs is 1. The van der Waals surface area contributed by atoms with E-state index in [-0.39, 0.29) is 18.0 Å². The van der Waals surface area contributed by atoms with Gasteiger partial charge in [0.1, 0.15) is 11.4 Å². The van der Waals surface area contributed by atoms with E-state index < -0.39 is 0 Å². The number of carbonyl (C=O) groups excluding carboxylic acids is 1. The molecule has 0 aliphatic carbocycles. The Morgan fingerprint density at radius 3 is 2.63 bits per heavy atom. The third-order valence-corrected chi connectivity index (χ3v) is 5.95. The van der Waals surface area contributed by atoms with Gasteiger partial charge in [0.05, 0.1) is 11.7 Å². The van der Waals surface area contributed by atoms with Crippen molar-refractivity contribution in [1.82, 2.24) is 9.55 Å². The highest BCUT2D eigenvalue weighted by Crippen LogP contribution is 2.31. The fourth-order valence-corrected chi connectivity index (χ4v) is 4.32. The molecule has 152 valence electrons. The lowest BCUT2D eigenvalue weighted by Gasteiger charge is -2.09. The van der Waals surface area contributed by atoms with Gasteiger partial charge in [0.15, 0.2) is 0 Å². The standard InChI is InChI=1S/C24H23N3O2S/c1-15(2)17-7-9-18(10-8-17)20-13-30-23-22(20)24(29)27(14-25-23)12-21(28)26-19-6-4-5-16(3)11-19/h4-11,13-15H,12H2,1-3H3,(H,26,28). The SMILES string of the molecule is Cc1cccc(NC(=O)Cn2cnc3scc(-c4ccc(C(C)C)cc4)c3c2=O)c1. The molecule has 30 heavy (non-hydrogen) atoms. The van der Waals surface area contributed by atoms with Gasteiger partial charge in [-0.25, -0.2) is 4.98 Å². The van der Waals surface area contributed by atoms with E-state index in [2.05, 4.69) is 36.3 Å². The average molecular weight is 418 g/mol. The van der Waals surface area contributed by atoms with Crippen molar-refractivity contribution in [1.29, 1.82) is 0 Å². The Labute approximate surface area is 179 Å². The Morgan fingerprint density at radius 1 is 1.17 bits per heavy atom. The van der Waals surface area contributed by atoms with Gasteiger partial charge in [0, 0.05) is 16.6 Å². The first kappa shape index (κ1) is 20.0. The zero-order valence-electron chi connectivity index (χ0n) is 17.2. The van der Waals surface area contributed by atoms with Gasteiger partial charge in [-0.1, -0.05) is 50.2 Å². The second-order valence-corrected chi connectivity index (χ2v) is 8.56. The molecule has 6 heteroatoms. The molecule has 2 heterocycles. The number of hydrogen-bond donors (Lipinski definition) is 1. The lowest BCUT2D eigenvalue weighted by molar-refractivity contribution is -0.116. The third kappa shape index (κ3) is 4.04. The summed E-state index contributed by atoms with van der Waals surface area (Å²) in [4.78, 5) is 30.7. The van der Waals surface area contributed by atoms with E-state index in [1.54, 1.807) is 0 Å². The maximum Gasteiger partial charge on any atom is 0.263 e. The summed E-state index contributed by atoms with van der Waals surface area (Å²) in [5.41, 5.74) is 4.65. The van der Waals surface area contributed by atoms with Crippen LogP contribution >= 0.6 is 11.3 Å². The number of amides is 1. The molecule has 4 aromatic rings. The zero-order valence-corrected chi connectivity index (χ0v) is 18.0. The van der Waals surface area contributed by atoms with E-state index in [9.17, 15) is 9.59 Å². The summed E-state index contributed by atoms with van der Waals surface area (Å²) in [7, 11) is 0. The van der Waals surface area contributed by atoms with Crippen molar-refractivity contribution in [3.8, 4) is 11.1 Å². The molecule has 0 bridgehead atoms. The minimum absolute atomic E-state index is 0.0860. The van der Waals surface area contributed by atoms with Crippen molar-refractivity contribution in [2.75, 3.05) is 5.32 Å². The molecule has 0 atom stereocenters. The van der Waals surface area contributed by atoms with E-state index >= 15 is 0 Å². The van der Waals surface area contributed by atoms with E-state index in [1.165, 1.54) is 27.8 Å². The highest BCUT2D eigenvalue weighted by Gasteiger charge is 2.15. The van der Waals surface area contributed by atoms with Gasteiger partial charge in [-0.2, -0.15) is 0 Å². The largest absolute Gasteiger partial charge is 0.325 e. The molecular formula is C24H23N3O2S. The topological polar surface area (TPSA) is 64.0 Å². The van der Waals surface area contributed by atoms with Crippen LogP contribution in [0.1, 0.15) is 30.9 Å². The van der Waals surface area contributed by atoms with Crippen LogP contribution in [0.4, 0.5) is 5.69 Å². The summed E-state index contributed by atoms with van der Waals surface area (Å²) in [6, 6.07) is 15.8. The zero-order chi connectivity index (χ0) is 21.3. The lowest BCUT2D eigenvalue weighted by Crippen LogP contribution is -2.27. The second kappa shape index (κ2) is 8.24. The number of aryl methyl sites for hydroxylation is 1. The van der Waals surface area contributed by atoms with Gasteiger partial charge in [-0.15, -0.1) is 11.3 Å². The fourth-order valence-electron chi connectivity index (χ4n) is 3.42. The number of nitrogens with zero attached hydrogens (tertiary/aromatic N) is 2. The van der Waals surface area contributed by atoms with Crippen LogP contribution in [0.15, 0.2) is 65.0 Å². The Morgan fingerprint density at radius 2 is 1.93 bits per heavy atom. The van der Waals surface area contributed by atoms with Crippen molar-refractivity contribution < 1.29 is 4.79 Å². The summed E-state index contributed by atoms with van der Waals surface area (Å²) >= 11 is 1.44. The molecule has 0 saturated carbocycles. The van der Waals surface area contributed by atoms with Gasteiger partial charge >= 0.3 is 0 Å². The molecule has 0 radical (unpaired) electrons. The number of rotatable bonds is 5. The Bertz CT molecular complexity index is 1270. The third-order valence-electron chi connectivity index (χ3n) is 5.06. The summed E-state index contributed by atoms with van der Waals surface area (Å²) < 4.78 is 1.37. The number of anilines is 1.